The van der Waals surface area contributed by atoms with Gasteiger partial charge in [-0.05, 0) is 43.5 Å². The maximum Gasteiger partial charge on any atom is 0.227 e. The van der Waals surface area contributed by atoms with Crippen molar-refractivity contribution in [2.45, 2.75) is 31.7 Å². The van der Waals surface area contributed by atoms with Crippen molar-refractivity contribution < 1.29 is 14.3 Å². The van der Waals surface area contributed by atoms with E-state index in [1.54, 1.807) is 7.11 Å². The van der Waals surface area contributed by atoms with E-state index in [1.807, 2.05) is 24.3 Å². The van der Waals surface area contributed by atoms with Crippen LogP contribution in [0.15, 0.2) is 24.3 Å². The lowest BCUT2D eigenvalue weighted by Crippen LogP contribution is -2.34. The van der Waals surface area contributed by atoms with Crippen molar-refractivity contribution >= 4 is 24.0 Å². The zero-order chi connectivity index (χ0) is 15.1. The highest BCUT2D eigenvalue weighted by Gasteiger charge is 2.25. The van der Waals surface area contributed by atoms with Gasteiger partial charge in [-0.25, -0.2) is 0 Å². The number of rotatable bonds is 6. The van der Waals surface area contributed by atoms with Gasteiger partial charge in [0.15, 0.2) is 0 Å². The van der Waals surface area contributed by atoms with E-state index in [4.69, 9.17) is 15.2 Å². The molecule has 22 heavy (non-hydrogen) atoms. The summed E-state index contributed by atoms with van der Waals surface area (Å²) in [7, 11) is 1.64. The summed E-state index contributed by atoms with van der Waals surface area (Å²) in [5.74, 6) is 0.870. The van der Waals surface area contributed by atoms with E-state index < -0.39 is 0 Å². The fourth-order valence-corrected chi connectivity index (χ4v) is 2.59. The molecule has 2 rings (SSSR count). The van der Waals surface area contributed by atoms with Crippen LogP contribution in [0.25, 0.3) is 0 Å². The van der Waals surface area contributed by atoms with Crippen molar-refractivity contribution in [3.05, 3.63) is 24.3 Å². The molecule has 0 radical (unpaired) electrons. The Kier molecular flexibility index (Phi) is 8.24. The number of methoxy groups -OCH3 is 1. The third-order valence-electron chi connectivity index (χ3n) is 3.76. The smallest absolute Gasteiger partial charge is 0.227 e. The van der Waals surface area contributed by atoms with E-state index in [0.717, 1.165) is 37.1 Å². The van der Waals surface area contributed by atoms with E-state index in [9.17, 15) is 4.79 Å². The third kappa shape index (κ3) is 5.83. The minimum Gasteiger partial charge on any atom is -0.491 e. The fourth-order valence-electron chi connectivity index (χ4n) is 2.59. The number of carbonyl (C=O) groups excluding carboxylic acids is 1. The lowest BCUT2D eigenvalue weighted by Gasteiger charge is -2.25. The molecular formula is C16H25ClN2O3. The first-order valence-electron chi connectivity index (χ1n) is 7.47. The summed E-state index contributed by atoms with van der Waals surface area (Å²) >= 11 is 0. The molecule has 2 atom stereocenters. The van der Waals surface area contributed by atoms with Crippen molar-refractivity contribution in [1.29, 1.82) is 0 Å². The minimum absolute atomic E-state index is 0. The second-order valence-electron chi connectivity index (χ2n) is 5.48. The highest BCUT2D eigenvalue weighted by molar-refractivity contribution is 5.92. The number of hydrogen-bond donors (Lipinski definition) is 2. The molecule has 6 heteroatoms. The third-order valence-corrected chi connectivity index (χ3v) is 3.76. The van der Waals surface area contributed by atoms with E-state index >= 15 is 0 Å². The Morgan fingerprint density at radius 1 is 1.27 bits per heavy atom. The summed E-state index contributed by atoms with van der Waals surface area (Å²) in [5.41, 5.74) is 6.72. The first-order chi connectivity index (χ1) is 10.2. The Balaban J connectivity index is 0.00000242. The van der Waals surface area contributed by atoms with E-state index in [0.29, 0.717) is 13.2 Å². The molecule has 1 aromatic rings. The van der Waals surface area contributed by atoms with Crippen molar-refractivity contribution in [3.8, 4) is 5.75 Å². The molecule has 1 aromatic carbocycles. The molecule has 1 fully saturated rings. The first kappa shape index (κ1) is 18.7. The summed E-state index contributed by atoms with van der Waals surface area (Å²) in [6, 6.07) is 7.55. The number of nitrogens with two attached hydrogens (primary N) is 1. The zero-order valence-corrected chi connectivity index (χ0v) is 13.7. The van der Waals surface area contributed by atoms with Crippen LogP contribution >= 0.6 is 12.4 Å². The van der Waals surface area contributed by atoms with E-state index in [-0.39, 0.29) is 30.3 Å². The largest absolute Gasteiger partial charge is 0.491 e. The van der Waals surface area contributed by atoms with Gasteiger partial charge in [0, 0.05) is 24.8 Å². The number of carbonyl (C=O) groups is 1. The first-order valence-corrected chi connectivity index (χ1v) is 7.47. The molecule has 1 amide bonds. The standard InChI is InChI=1S/C16H24N2O3.ClH/c1-20-9-10-21-15-7-5-14(6-8-15)18-16(19)12-3-2-4-13(17)11-12;/h5-8,12-13H,2-4,9-11,17H2,1H3,(H,18,19);1H. The van der Waals surface area contributed by atoms with Crippen molar-refractivity contribution in [2.75, 3.05) is 25.6 Å². The van der Waals surface area contributed by atoms with Crippen molar-refractivity contribution in [2.24, 2.45) is 11.7 Å². The van der Waals surface area contributed by atoms with E-state index in [1.165, 1.54) is 0 Å². The molecule has 0 spiro atoms. The molecule has 2 unspecified atom stereocenters. The average Bonchev–Trinajstić information content (AvgIpc) is 2.49. The number of halogens is 1. The topological polar surface area (TPSA) is 73.6 Å². The second-order valence-corrected chi connectivity index (χ2v) is 5.48. The quantitative estimate of drug-likeness (QED) is 0.787. The monoisotopic (exact) mass is 328 g/mol. The van der Waals surface area contributed by atoms with Crippen molar-refractivity contribution in [1.82, 2.24) is 0 Å². The number of nitrogens with one attached hydrogen (secondary N) is 1. The van der Waals surface area contributed by atoms with Gasteiger partial charge in [0.25, 0.3) is 0 Å². The minimum atomic E-state index is 0. The number of hydrogen-bond acceptors (Lipinski definition) is 4. The molecule has 0 aromatic heterocycles. The molecule has 1 saturated carbocycles. The Labute approximate surface area is 138 Å². The Hall–Kier alpha value is -1.30. The summed E-state index contributed by atoms with van der Waals surface area (Å²) < 4.78 is 10.4. The summed E-state index contributed by atoms with van der Waals surface area (Å²) in [6.45, 7) is 1.07. The molecule has 0 saturated heterocycles. The normalized spacial score (nSPS) is 20.8. The van der Waals surface area contributed by atoms with Crippen LogP contribution in [0.1, 0.15) is 25.7 Å². The van der Waals surface area contributed by atoms with E-state index in [2.05, 4.69) is 5.32 Å². The van der Waals surface area contributed by atoms with Gasteiger partial charge in [-0.3, -0.25) is 4.79 Å². The van der Waals surface area contributed by atoms with Crippen LogP contribution in [0.4, 0.5) is 5.69 Å². The van der Waals surface area contributed by atoms with Gasteiger partial charge in [0.1, 0.15) is 12.4 Å². The van der Waals surface area contributed by atoms with Gasteiger partial charge in [-0.1, -0.05) is 6.42 Å². The Bertz CT molecular complexity index is 453. The second kappa shape index (κ2) is 9.66. The molecule has 1 aliphatic carbocycles. The molecule has 5 nitrogen and oxygen atoms in total. The Morgan fingerprint density at radius 2 is 2.00 bits per heavy atom. The van der Waals surface area contributed by atoms with Crippen LogP contribution < -0.4 is 15.8 Å². The van der Waals surface area contributed by atoms with Crippen LogP contribution in [0.5, 0.6) is 5.75 Å². The predicted octanol–water partition coefficient (Wildman–Crippen LogP) is 2.59. The highest BCUT2D eigenvalue weighted by atomic mass is 35.5. The average molecular weight is 329 g/mol. The van der Waals surface area contributed by atoms with Gasteiger partial charge in [-0.15, -0.1) is 12.4 Å². The molecule has 124 valence electrons. The molecule has 3 N–H and O–H groups in total. The van der Waals surface area contributed by atoms with Crippen LogP contribution in [-0.4, -0.2) is 32.3 Å². The van der Waals surface area contributed by atoms with Crippen LogP contribution in [-0.2, 0) is 9.53 Å². The van der Waals surface area contributed by atoms with Crippen LogP contribution in [0.3, 0.4) is 0 Å². The fraction of sp³-hybridized carbons (Fsp3) is 0.562. The zero-order valence-electron chi connectivity index (χ0n) is 12.9. The van der Waals surface area contributed by atoms with Crippen molar-refractivity contribution in [3.63, 3.8) is 0 Å². The Morgan fingerprint density at radius 3 is 2.64 bits per heavy atom. The van der Waals surface area contributed by atoms with Gasteiger partial charge in [-0.2, -0.15) is 0 Å². The van der Waals surface area contributed by atoms with Gasteiger partial charge in [0.2, 0.25) is 5.91 Å². The SMILES string of the molecule is COCCOc1ccc(NC(=O)C2CCCC(N)C2)cc1.Cl. The van der Waals surface area contributed by atoms with Crippen LogP contribution in [0.2, 0.25) is 0 Å². The lowest BCUT2D eigenvalue weighted by molar-refractivity contribution is -0.120. The summed E-state index contributed by atoms with van der Waals surface area (Å²) in [5, 5.41) is 2.95. The number of benzene rings is 1. The highest BCUT2D eigenvalue weighted by Crippen LogP contribution is 2.25. The van der Waals surface area contributed by atoms with Gasteiger partial charge >= 0.3 is 0 Å². The van der Waals surface area contributed by atoms with Gasteiger partial charge < -0.3 is 20.5 Å². The molecular weight excluding hydrogens is 304 g/mol. The van der Waals surface area contributed by atoms with Crippen LogP contribution in [0, 0.1) is 5.92 Å². The molecule has 0 bridgehead atoms. The molecule has 0 heterocycles. The number of ether oxygens (including phenoxy) is 2. The maximum atomic E-state index is 12.2. The number of anilines is 1. The van der Waals surface area contributed by atoms with Gasteiger partial charge in [0.05, 0.1) is 6.61 Å². The summed E-state index contributed by atoms with van der Waals surface area (Å²) in [4.78, 5) is 12.2. The predicted molar refractivity (Wildman–Crippen MR) is 89.6 cm³/mol. The lowest BCUT2D eigenvalue weighted by atomic mass is 9.85. The number of amides is 1. The maximum absolute atomic E-state index is 12.2. The molecule has 0 aliphatic heterocycles. The molecule has 1 aliphatic rings. The summed E-state index contributed by atoms with van der Waals surface area (Å²) in [6.07, 6.45) is 3.77.